The summed E-state index contributed by atoms with van der Waals surface area (Å²) in [6.45, 7) is 0.439. The molecule has 2 heterocycles. The molecule has 2 aromatic heterocycles. The predicted octanol–water partition coefficient (Wildman–Crippen LogP) is 5.42. The van der Waals surface area contributed by atoms with Gasteiger partial charge in [-0.1, -0.05) is 18.2 Å². The van der Waals surface area contributed by atoms with Gasteiger partial charge in [-0.3, -0.25) is 9.78 Å². The summed E-state index contributed by atoms with van der Waals surface area (Å²) in [5, 5.41) is 14.2. The zero-order valence-corrected chi connectivity index (χ0v) is 22.5. The van der Waals surface area contributed by atoms with Crippen LogP contribution < -0.4 is 9.47 Å². The van der Waals surface area contributed by atoms with E-state index in [1.807, 2.05) is 6.07 Å². The van der Waals surface area contributed by atoms with E-state index in [0.717, 1.165) is 18.5 Å². The molecule has 0 amide bonds. The quantitative estimate of drug-likeness (QED) is 0.331. The minimum Gasteiger partial charge on any atom is -0.496 e. The van der Waals surface area contributed by atoms with Crippen LogP contribution in [0.3, 0.4) is 0 Å². The zero-order chi connectivity index (χ0) is 27.6. The van der Waals surface area contributed by atoms with Crippen LogP contribution in [0.4, 0.5) is 8.78 Å². The van der Waals surface area contributed by atoms with Crippen molar-refractivity contribution in [2.75, 3.05) is 13.7 Å². The van der Waals surface area contributed by atoms with E-state index in [1.165, 1.54) is 31.2 Å². The van der Waals surface area contributed by atoms with Crippen molar-refractivity contribution in [3.05, 3.63) is 70.2 Å². The van der Waals surface area contributed by atoms with Crippen LogP contribution in [0.15, 0.2) is 36.4 Å². The molecule has 1 atom stereocenters. The molecule has 3 aromatic rings. The van der Waals surface area contributed by atoms with E-state index in [0.29, 0.717) is 60.7 Å². The molecular formula is C30H35F2N3O4. The van der Waals surface area contributed by atoms with E-state index in [1.54, 1.807) is 29.9 Å². The first-order chi connectivity index (χ1) is 18.8. The topological polar surface area (TPSA) is 86.5 Å². The van der Waals surface area contributed by atoms with Crippen LogP contribution in [0.1, 0.15) is 71.8 Å². The number of fused-ring (bicyclic) bond motifs is 1. The second-order valence-corrected chi connectivity index (χ2v) is 10.7. The number of nitrogens with zero attached hydrogens (tertiary/aromatic N) is 3. The lowest BCUT2D eigenvalue weighted by Gasteiger charge is -2.22. The predicted molar refractivity (Wildman–Crippen MR) is 142 cm³/mol. The minimum absolute atomic E-state index is 0.182. The third kappa shape index (κ3) is 5.92. The van der Waals surface area contributed by atoms with Crippen molar-refractivity contribution >= 4 is 5.97 Å². The van der Waals surface area contributed by atoms with Gasteiger partial charge in [0, 0.05) is 36.8 Å². The largest absolute Gasteiger partial charge is 0.496 e. The molecule has 0 bridgehead atoms. The Morgan fingerprint density at radius 3 is 2.64 bits per heavy atom. The highest BCUT2D eigenvalue weighted by atomic mass is 19.3. The van der Waals surface area contributed by atoms with Crippen molar-refractivity contribution in [2.45, 2.75) is 75.5 Å². The maximum Gasteiger partial charge on any atom is 0.303 e. The molecule has 0 saturated heterocycles. The van der Waals surface area contributed by atoms with Gasteiger partial charge in [0.05, 0.1) is 31.2 Å². The Morgan fingerprint density at radius 1 is 1.13 bits per heavy atom. The second kappa shape index (κ2) is 11.3. The number of rotatable bonds is 12. The number of aryl methyl sites for hydroxylation is 3. The molecule has 208 valence electrons. The number of hydrogen-bond donors (Lipinski definition) is 1. The van der Waals surface area contributed by atoms with Crippen LogP contribution in [0, 0.1) is 0 Å². The summed E-state index contributed by atoms with van der Waals surface area (Å²) in [5.41, 5.74) is 4.21. The van der Waals surface area contributed by atoms with Gasteiger partial charge in [-0.25, -0.2) is 13.5 Å². The number of alkyl halides is 2. The van der Waals surface area contributed by atoms with E-state index in [4.69, 9.17) is 14.5 Å². The number of carbonyl (C=O) groups is 1. The average Bonchev–Trinajstić information content (AvgIpc) is 3.67. The van der Waals surface area contributed by atoms with Gasteiger partial charge < -0.3 is 14.6 Å². The first-order valence-electron chi connectivity index (χ1n) is 13.6. The summed E-state index contributed by atoms with van der Waals surface area (Å²) < 4.78 is 40.8. The number of hydrogen-bond acceptors (Lipinski definition) is 5. The third-order valence-corrected chi connectivity index (χ3v) is 8.06. The molecule has 0 radical (unpaired) electrons. The molecule has 2 aliphatic carbocycles. The molecule has 0 aliphatic heterocycles. The maximum atomic E-state index is 13.8. The van der Waals surface area contributed by atoms with Crippen molar-refractivity contribution in [1.29, 1.82) is 0 Å². The molecular weight excluding hydrogens is 504 g/mol. The number of carboxylic acids is 1. The van der Waals surface area contributed by atoms with Crippen LogP contribution >= 0.6 is 0 Å². The van der Waals surface area contributed by atoms with Crippen LogP contribution in [-0.2, 0) is 42.9 Å². The fourth-order valence-electron chi connectivity index (χ4n) is 5.65. The van der Waals surface area contributed by atoms with Crippen LogP contribution in [0.5, 0.6) is 11.6 Å². The lowest BCUT2D eigenvalue weighted by Crippen LogP contribution is -2.19. The summed E-state index contributed by atoms with van der Waals surface area (Å²) in [5.74, 6) is -0.423. The van der Waals surface area contributed by atoms with E-state index < -0.39 is 23.7 Å². The SMILES string of the molecule is COc1ccc(C2(C(F)F)CC2)cc1C(CC(=O)O)Cc1cc(OCCc2ccc3c(n2)CCCC3)n(C)n1. The number of ether oxygens (including phenoxy) is 2. The van der Waals surface area contributed by atoms with Gasteiger partial charge in [-0.2, -0.15) is 5.10 Å². The first kappa shape index (κ1) is 27.1. The molecule has 1 N–H and O–H groups in total. The number of pyridine rings is 1. The third-order valence-electron chi connectivity index (χ3n) is 8.06. The molecule has 7 nitrogen and oxygen atoms in total. The fourth-order valence-corrected chi connectivity index (χ4v) is 5.65. The van der Waals surface area contributed by atoms with Gasteiger partial charge in [-0.05, 0) is 73.8 Å². The lowest BCUT2D eigenvalue weighted by atomic mass is 9.86. The minimum atomic E-state index is -2.47. The van der Waals surface area contributed by atoms with Gasteiger partial charge in [0.2, 0.25) is 12.3 Å². The monoisotopic (exact) mass is 539 g/mol. The van der Waals surface area contributed by atoms with E-state index in [9.17, 15) is 18.7 Å². The first-order valence-corrected chi connectivity index (χ1v) is 13.6. The Bertz CT molecular complexity index is 1340. The van der Waals surface area contributed by atoms with Crippen molar-refractivity contribution in [1.82, 2.24) is 14.8 Å². The van der Waals surface area contributed by atoms with E-state index in [-0.39, 0.29) is 6.42 Å². The van der Waals surface area contributed by atoms with Crippen LogP contribution in [0.2, 0.25) is 0 Å². The van der Waals surface area contributed by atoms with Crippen LogP contribution in [0.25, 0.3) is 0 Å². The molecule has 0 spiro atoms. The number of carboxylic acid groups (broad SMARTS) is 1. The standard InChI is InChI=1S/C30H35F2N3O4/c1-35-27(39-14-11-22-9-7-19-5-3-4-6-25(19)33-22)18-23(34-35)15-20(16-28(36)37)24-17-21(8-10-26(24)38-2)30(12-13-30)29(31)32/h7-10,17-18,20,29H,3-6,11-16H2,1-2H3,(H,36,37). The van der Waals surface area contributed by atoms with Crippen molar-refractivity contribution < 1.29 is 28.2 Å². The van der Waals surface area contributed by atoms with Gasteiger partial charge in [0.15, 0.2) is 0 Å². The molecule has 2 aliphatic rings. The number of aliphatic carboxylic acids is 1. The Kier molecular flexibility index (Phi) is 7.86. The maximum absolute atomic E-state index is 13.8. The number of benzene rings is 1. The molecule has 1 unspecified atom stereocenters. The smallest absolute Gasteiger partial charge is 0.303 e. The molecule has 1 saturated carbocycles. The second-order valence-electron chi connectivity index (χ2n) is 10.7. The van der Waals surface area contributed by atoms with Gasteiger partial charge >= 0.3 is 5.97 Å². The highest BCUT2D eigenvalue weighted by Crippen LogP contribution is 2.53. The number of aromatic nitrogens is 3. The summed E-state index contributed by atoms with van der Waals surface area (Å²) in [6, 6.07) is 11.1. The fraction of sp³-hybridized carbons (Fsp3) is 0.500. The highest BCUT2D eigenvalue weighted by Gasteiger charge is 2.52. The Balaban J connectivity index is 1.30. The molecule has 1 fully saturated rings. The van der Waals surface area contributed by atoms with Crippen molar-refractivity contribution in [3.8, 4) is 11.6 Å². The number of halogens is 2. The molecule has 39 heavy (non-hydrogen) atoms. The van der Waals surface area contributed by atoms with Gasteiger partial charge in [-0.15, -0.1) is 0 Å². The highest BCUT2D eigenvalue weighted by molar-refractivity contribution is 5.68. The summed E-state index contributed by atoms with van der Waals surface area (Å²) >= 11 is 0. The van der Waals surface area contributed by atoms with Crippen molar-refractivity contribution in [2.24, 2.45) is 7.05 Å². The molecule has 9 heteroatoms. The normalized spacial score (nSPS) is 16.5. The Hall–Kier alpha value is -3.49. The summed E-state index contributed by atoms with van der Waals surface area (Å²) in [6.07, 6.45) is 3.70. The summed E-state index contributed by atoms with van der Waals surface area (Å²) in [4.78, 5) is 16.6. The van der Waals surface area contributed by atoms with Crippen LogP contribution in [-0.4, -0.2) is 46.0 Å². The molecule has 5 rings (SSSR count). The Morgan fingerprint density at radius 2 is 1.92 bits per heavy atom. The lowest BCUT2D eigenvalue weighted by molar-refractivity contribution is -0.137. The zero-order valence-electron chi connectivity index (χ0n) is 22.5. The summed E-state index contributed by atoms with van der Waals surface area (Å²) in [7, 11) is 3.28. The number of methoxy groups -OCH3 is 1. The van der Waals surface area contributed by atoms with E-state index >= 15 is 0 Å². The average molecular weight is 540 g/mol. The molecule has 1 aromatic carbocycles. The Labute approximate surface area is 227 Å². The van der Waals surface area contributed by atoms with E-state index in [2.05, 4.69) is 17.2 Å². The van der Waals surface area contributed by atoms with Crippen molar-refractivity contribution in [3.63, 3.8) is 0 Å². The van der Waals surface area contributed by atoms with Gasteiger partial charge in [0.25, 0.3) is 0 Å². The van der Waals surface area contributed by atoms with Gasteiger partial charge in [0.1, 0.15) is 5.75 Å².